The first-order chi connectivity index (χ1) is 2.83. The Labute approximate surface area is 98.9 Å². The van der Waals surface area contributed by atoms with Crippen LogP contribution in [-0.4, -0.2) is 23.2 Å². The van der Waals surface area contributed by atoms with Crippen molar-refractivity contribution >= 4 is 12.9 Å². The van der Waals surface area contributed by atoms with Gasteiger partial charge in [0.25, 0.3) is 0 Å². The van der Waals surface area contributed by atoms with E-state index in [1.807, 2.05) is 0 Å². The van der Waals surface area contributed by atoms with Gasteiger partial charge in [-0.05, 0) is 0 Å². The maximum absolute atomic E-state index is 8.24. The van der Waals surface area contributed by atoms with E-state index in [9.17, 15) is 0 Å². The van der Waals surface area contributed by atoms with E-state index in [-0.39, 0.29) is 67.1 Å². The number of rotatable bonds is 0. The van der Waals surface area contributed by atoms with Crippen LogP contribution in [0.25, 0.3) is 0 Å². The SMILES string of the molecule is O=[C-]O.O=[C-]O.[Ag].[Au].[Au]. The Morgan fingerprint density at radius 3 is 0.889 bits per heavy atom. The molecule has 4 nitrogen and oxygen atoms in total. The smallest absolute Gasteiger partial charge is 0 e. The summed E-state index contributed by atoms with van der Waals surface area (Å²) >= 11 is 0. The maximum Gasteiger partial charge on any atom is 0 e. The van der Waals surface area contributed by atoms with E-state index >= 15 is 0 Å². The Balaban J connectivity index is -0.00000000889. The van der Waals surface area contributed by atoms with E-state index in [2.05, 4.69) is 0 Å². The predicted molar refractivity (Wildman–Crippen MR) is 16.6 cm³/mol. The largest absolute Gasteiger partial charge is 0.665 e. The van der Waals surface area contributed by atoms with Crippen LogP contribution in [0.15, 0.2) is 0 Å². The van der Waals surface area contributed by atoms with Crippen LogP contribution in [0.4, 0.5) is 0 Å². The molecule has 0 unspecified atom stereocenters. The van der Waals surface area contributed by atoms with Gasteiger partial charge in [-0.25, -0.2) is 0 Å². The zero-order valence-corrected chi connectivity index (χ0v) is 9.43. The van der Waals surface area contributed by atoms with Gasteiger partial charge in [0.2, 0.25) is 0 Å². The first-order valence-electron chi connectivity index (χ1n) is 0.855. The average molecular weight is 592 g/mol. The van der Waals surface area contributed by atoms with E-state index < -0.39 is 0 Å². The first kappa shape index (κ1) is 32.0. The van der Waals surface area contributed by atoms with Gasteiger partial charge in [0.1, 0.15) is 0 Å². The molecule has 0 bridgehead atoms. The summed E-state index contributed by atoms with van der Waals surface area (Å²) in [6.07, 6.45) is 0. The third-order valence-electron chi connectivity index (χ3n) is 0. The maximum atomic E-state index is 8.24. The van der Waals surface area contributed by atoms with Crippen LogP contribution < -0.4 is 0 Å². The van der Waals surface area contributed by atoms with Gasteiger partial charge in [-0.3, -0.25) is 0 Å². The molecule has 0 spiro atoms. The van der Waals surface area contributed by atoms with Crippen LogP contribution in [-0.2, 0) is 76.7 Å². The van der Waals surface area contributed by atoms with E-state index in [1.54, 1.807) is 0 Å². The van der Waals surface area contributed by atoms with E-state index in [0.29, 0.717) is 12.9 Å². The van der Waals surface area contributed by atoms with Crippen molar-refractivity contribution in [1.29, 1.82) is 0 Å². The third-order valence-corrected chi connectivity index (χ3v) is 0. The van der Waals surface area contributed by atoms with Crippen LogP contribution >= 0.6 is 0 Å². The molecule has 9 heavy (non-hydrogen) atoms. The Morgan fingerprint density at radius 2 is 0.889 bits per heavy atom. The van der Waals surface area contributed by atoms with Crippen molar-refractivity contribution in [2.24, 2.45) is 0 Å². The summed E-state index contributed by atoms with van der Waals surface area (Å²) in [5, 5.41) is 13.5. The molecule has 3 radical (unpaired) electrons. The molecule has 0 heterocycles. The summed E-state index contributed by atoms with van der Waals surface area (Å²) in [6.45, 7) is 1.00. The minimum atomic E-state index is 0. The minimum absolute atomic E-state index is 0. The van der Waals surface area contributed by atoms with Crippen LogP contribution in [0.2, 0.25) is 0 Å². The minimum Gasteiger partial charge on any atom is -0.665 e. The van der Waals surface area contributed by atoms with Crippen molar-refractivity contribution in [2.75, 3.05) is 0 Å². The fourth-order valence-corrected chi connectivity index (χ4v) is 0. The molecule has 0 aliphatic rings. The molecule has 0 saturated heterocycles. The van der Waals surface area contributed by atoms with Crippen LogP contribution in [0, 0.1) is 0 Å². The number of hydrogen-bond donors (Lipinski definition) is 2. The Bertz CT molecular complexity index is 37.5. The molecule has 0 aliphatic carbocycles. The molecule has 0 rings (SSSR count). The van der Waals surface area contributed by atoms with E-state index in [4.69, 9.17) is 19.8 Å². The molecule has 0 atom stereocenters. The molecule has 69 valence electrons. The van der Waals surface area contributed by atoms with E-state index in [0.717, 1.165) is 0 Å². The summed E-state index contributed by atoms with van der Waals surface area (Å²) in [5.74, 6) is 0. The summed E-state index contributed by atoms with van der Waals surface area (Å²) in [4.78, 5) is 16.5. The van der Waals surface area contributed by atoms with Gasteiger partial charge >= 0.3 is 0 Å². The zero-order chi connectivity index (χ0) is 5.41. The Morgan fingerprint density at radius 1 is 0.889 bits per heavy atom. The van der Waals surface area contributed by atoms with Crippen molar-refractivity contribution in [1.82, 2.24) is 0 Å². The van der Waals surface area contributed by atoms with Crippen molar-refractivity contribution < 1.29 is 86.9 Å². The second-order valence-corrected chi connectivity index (χ2v) is 0.183. The summed E-state index contributed by atoms with van der Waals surface area (Å²) in [5.41, 5.74) is 0. The molecule has 7 heteroatoms. The molecule has 0 aromatic carbocycles. The molecule has 0 aliphatic heterocycles. The topological polar surface area (TPSA) is 74.6 Å². The Hall–Kier alpha value is 1.16. The molecule has 2 N–H and O–H groups in total. The fraction of sp³-hybridized carbons (Fsp3) is 0. The molecule has 0 saturated carbocycles. The summed E-state index contributed by atoms with van der Waals surface area (Å²) < 4.78 is 0. The van der Waals surface area contributed by atoms with E-state index in [1.165, 1.54) is 0 Å². The van der Waals surface area contributed by atoms with Crippen LogP contribution in [0.1, 0.15) is 0 Å². The monoisotopic (exact) mass is 591 g/mol. The summed E-state index contributed by atoms with van der Waals surface area (Å²) in [7, 11) is 0. The van der Waals surface area contributed by atoms with Crippen molar-refractivity contribution in [3.05, 3.63) is 0 Å². The van der Waals surface area contributed by atoms with Crippen LogP contribution in [0.3, 0.4) is 0 Å². The van der Waals surface area contributed by atoms with Gasteiger partial charge in [-0.1, -0.05) is 12.9 Å². The van der Waals surface area contributed by atoms with Crippen molar-refractivity contribution in [3.63, 3.8) is 0 Å². The third kappa shape index (κ3) is 349. The fourth-order valence-electron chi connectivity index (χ4n) is 0. The van der Waals surface area contributed by atoms with Gasteiger partial charge in [0, 0.05) is 67.1 Å². The molecular formula is C2H2AgAu2O4-2. The van der Waals surface area contributed by atoms with Crippen molar-refractivity contribution in [3.8, 4) is 0 Å². The van der Waals surface area contributed by atoms with Gasteiger partial charge in [-0.2, -0.15) is 0 Å². The number of hydrogen-bond acceptors (Lipinski definition) is 2. The Kier molecular flexibility index (Phi) is 217. The van der Waals surface area contributed by atoms with Gasteiger partial charge in [-0.15, -0.1) is 0 Å². The summed E-state index contributed by atoms with van der Waals surface area (Å²) in [6, 6.07) is 0. The quantitative estimate of drug-likeness (QED) is 0.286. The van der Waals surface area contributed by atoms with Crippen LogP contribution in [0.5, 0.6) is 0 Å². The van der Waals surface area contributed by atoms with Gasteiger partial charge < -0.3 is 19.8 Å². The number of aliphatic hydroxyl groups excluding tert-OH is 2. The molecular weight excluding hydrogens is 590 g/mol. The van der Waals surface area contributed by atoms with Crippen molar-refractivity contribution in [2.45, 2.75) is 0 Å². The second kappa shape index (κ2) is 61.1. The standard InChI is InChI=1S/2CHO2.Ag.2Au/c2*2-1-3;;;/h2*(H,2,3);;;/q2*-1;;;. The zero-order valence-electron chi connectivity index (χ0n) is 3.62. The average Bonchev–Trinajstić information content (AvgIpc) is 1.39. The van der Waals surface area contributed by atoms with Gasteiger partial charge in [0.05, 0.1) is 0 Å². The van der Waals surface area contributed by atoms with Gasteiger partial charge in [0.15, 0.2) is 0 Å². The molecule has 0 aromatic heterocycles. The first-order valence-corrected chi connectivity index (χ1v) is 0.855. The normalized spacial score (nSPS) is 2.67. The second-order valence-electron chi connectivity index (χ2n) is 0.183. The molecule has 0 fully saturated rings. The molecule has 0 aromatic rings. The predicted octanol–water partition coefficient (Wildman–Crippen LogP) is -0.784. The molecule has 0 amide bonds.